The van der Waals surface area contributed by atoms with Crippen molar-refractivity contribution in [2.45, 2.75) is 32.4 Å². The summed E-state index contributed by atoms with van der Waals surface area (Å²) < 4.78 is 4.70. The third-order valence-corrected chi connectivity index (χ3v) is 4.01. The summed E-state index contributed by atoms with van der Waals surface area (Å²) in [5.74, 6) is -3.45. The molecule has 1 fully saturated rings. The molecular formula is C18H21N3O6. The lowest BCUT2D eigenvalue weighted by Gasteiger charge is -2.20. The van der Waals surface area contributed by atoms with Gasteiger partial charge >= 0.3 is 23.8 Å². The second kappa shape index (κ2) is 8.43. The molecule has 1 aromatic carbocycles. The molecule has 0 aromatic heterocycles. The highest BCUT2D eigenvalue weighted by molar-refractivity contribution is 6.45. The SMILES string of the molecule is COC(=O)[C@@H](Cc1ccccc1)NC(=O)CN1C(=O)C(=O)N(C(C)C)C1=O. The molecule has 1 N–H and O–H groups in total. The summed E-state index contributed by atoms with van der Waals surface area (Å²) in [4.78, 5) is 61.7. The van der Waals surface area contributed by atoms with Crippen LogP contribution in [0.1, 0.15) is 19.4 Å². The van der Waals surface area contributed by atoms with Crippen LogP contribution in [0.2, 0.25) is 0 Å². The fourth-order valence-electron chi connectivity index (χ4n) is 2.69. The number of carbonyl (C=O) groups is 5. The smallest absolute Gasteiger partial charge is 0.334 e. The molecule has 27 heavy (non-hydrogen) atoms. The molecule has 9 heteroatoms. The molecule has 9 nitrogen and oxygen atoms in total. The Morgan fingerprint density at radius 2 is 1.70 bits per heavy atom. The Morgan fingerprint density at radius 3 is 2.22 bits per heavy atom. The van der Waals surface area contributed by atoms with E-state index in [9.17, 15) is 24.0 Å². The summed E-state index contributed by atoms with van der Waals surface area (Å²) in [5, 5.41) is 2.45. The first-order chi connectivity index (χ1) is 12.8. The van der Waals surface area contributed by atoms with E-state index < -0.39 is 48.4 Å². The Labute approximate surface area is 156 Å². The van der Waals surface area contributed by atoms with Gasteiger partial charge in [0.2, 0.25) is 5.91 Å². The highest BCUT2D eigenvalue weighted by Gasteiger charge is 2.46. The average Bonchev–Trinajstić information content (AvgIpc) is 2.84. The van der Waals surface area contributed by atoms with Crippen molar-refractivity contribution in [1.82, 2.24) is 15.1 Å². The lowest BCUT2D eigenvalue weighted by atomic mass is 10.1. The molecule has 0 saturated carbocycles. The zero-order valence-corrected chi connectivity index (χ0v) is 15.3. The standard InChI is InChI=1S/C18H21N3O6/c1-11(2)21-16(24)15(23)20(18(21)26)10-14(22)19-13(17(25)27-3)9-12-7-5-4-6-8-12/h4-8,11,13H,9-10H2,1-3H3,(H,19,22)/t13-/m1/s1. The first-order valence-electron chi connectivity index (χ1n) is 8.36. The number of esters is 1. The molecule has 1 aromatic rings. The molecular weight excluding hydrogens is 354 g/mol. The van der Waals surface area contributed by atoms with Crippen LogP contribution in [0.15, 0.2) is 30.3 Å². The molecule has 1 heterocycles. The van der Waals surface area contributed by atoms with Gasteiger partial charge in [-0.25, -0.2) is 14.5 Å². The van der Waals surface area contributed by atoms with Crippen LogP contribution in [0.3, 0.4) is 0 Å². The second-order valence-corrected chi connectivity index (χ2v) is 6.28. The van der Waals surface area contributed by atoms with E-state index in [4.69, 9.17) is 4.74 Å². The van der Waals surface area contributed by atoms with Gasteiger partial charge in [-0.05, 0) is 19.4 Å². The van der Waals surface area contributed by atoms with Crippen molar-refractivity contribution in [3.8, 4) is 0 Å². The van der Waals surface area contributed by atoms with Gasteiger partial charge in [0.25, 0.3) is 0 Å². The van der Waals surface area contributed by atoms with Gasteiger partial charge < -0.3 is 10.1 Å². The molecule has 5 amide bonds. The Balaban J connectivity index is 2.07. The van der Waals surface area contributed by atoms with Gasteiger partial charge in [0.15, 0.2) is 0 Å². The summed E-state index contributed by atoms with van der Waals surface area (Å²) in [6, 6.07) is 6.62. The predicted octanol–water partition coefficient (Wildman–Crippen LogP) is 0.0861. The number of hydrogen-bond acceptors (Lipinski definition) is 6. The van der Waals surface area contributed by atoms with Crippen LogP contribution in [0.25, 0.3) is 0 Å². The largest absolute Gasteiger partial charge is 0.467 e. The van der Waals surface area contributed by atoms with Gasteiger partial charge in [-0.1, -0.05) is 30.3 Å². The maximum Gasteiger partial charge on any atom is 0.334 e. The monoisotopic (exact) mass is 375 g/mol. The van der Waals surface area contributed by atoms with E-state index in [0.29, 0.717) is 4.90 Å². The molecule has 144 valence electrons. The van der Waals surface area contributed by atoms with Crippen molar-refractivity contribution in [1.29, 1.82) is 0 Å². The second-order valence-electron chi connectivity index (χ2n) is 6.28. The molecule has 0 bridgehead atoms. The summed E-state index contributed by atoms with van der Waals surface area (Å²) in [7, 11) is 1.19. The Bertz CT molecular complexity index is 762. The van der Waals surface area contributed by atoms with Gasteiger partial charge in [-0.15, -0.1) is 0 Å². The first-order valence-corrected chi connectivity index (χ1v) is 8.36. The number of nitrogens with zero attached hydrogens (tertiary/aromatic N) is 2. The van der Waals surface area contributed by atoms with Gasteiger partial charge in [0.05, 0.1) is 7.11 Å². The topological polar surface area (TPSA) is 113 Å². The minimum Gasteiger partial charge on any atom is -0.467 e. The van der Waals surface area contributed by atoms with Crippen molar-refractivity contribution < 1.29 is 28.7 Å². The van der Waals surface area contributed by atoms with E-state index in [1.54, 1.807) is 38.1 Å². The number of amides is 5. The van der Waals surface area contributed by atoms with Crippen molar-refractivity contribution in [3.05, 3.63) is 35.9 Å². The van der Waals surface area contributed by atoms with Gasteiger partial charge in [-0.2, -0.15) is 0 Å². The number of rotatable bonds is 7. The maximum atomic E-state index is 12.3. The molecule has 0 radical (unpaired) electrons. The van der Waals surface area contributed by atoms with Crippen molar-refractivity contribution in [2.24, 2.45) is 0 Å². The van der Waals surface area contributed by atoms with Crippen molar-refractivity contribution in [2.75, 3.05) is 13.7 Å². The number of methoxy groups -OCH3 is 1. The van der Waals surface area contributed by atoms with Crippen LogP contribution in [0, 0.1) is 0 Å². The number of carbonyl (C=O) groups excluding carboxylic acids is 5. The number of nitrogens with one attached hydrogen (secondary N) is 1. The quantitative estimate of drug-likeness (QED) is 0.410. The van der Waals surface area contributed by atoms with Gasteiger partial charge in [-0.3, -0.25) is 19.3 Å². The normalized spacial score (nSPS) is 15.3. The summed E-state index contributed by atoms with van der Waals surface area (Å²) in [6.45, 7) is 2.51. The van der Waals surface area contributed by atoms with E-state index in [1.807, 2.05) is 6.07 Å². The number of imide groups is 2. The van der Waals surface area contributed by atoms with Crippen LogP contribution < -0.4 is 5.32 Å². The van der Waals surface area contributed by atoms with Crippen molar-refractivity contribution >= 4 is 29.7 Å². The number of ether oxygens (including phenoxy) is 1. The van der Waals surface area contributed by atoms with E-state index in [2.05, 4.69) is 5.32 Å². The van der Waals surface area contributed by atoms with E-state index in [1.165, 1.54) is 7.11 Å². The fourth-order valence-corrected chi connectivity index (χ4v) is 2.69. The highest BCUT2D eigenvalue weighted by atomic mass is 16.5. The van der Waals surface area contributed by atoms with E-state index in [-0.39, 0.29) is 6.42 Å². The van der Waals surface area contributed by atoms with Crippen LogP contribution in [0.4, 0.5) is 4.79 Å². The van der Waals surface area contributed by atoms with Gasteiger partial charge in [0, 0.05) is 12.5 Å². The number of urea groups is 1. The molecule has 1 saturated heterocycles. The third-order valence-electron chi connectivity index (χ3n) is 4.01. The Hall–Kier alpha value is -3.23. The molecule has 2 rings (SSSR count). The maximum absolute atomic E-state index is 12.3. The first kappa shape index (κ1) is 20.1. The molecule has 0 spiro atoms. The van der Waals surface area contributed by atoms with Crippen LogP contribution in [-0.4, -0.2) is 65.3 Å². The summed E-state index contributed by atoms with van der Waals surface area (Å²) >= 11 is 0. The lowest BCUT2D eigenvalue weighted by Crippen LogP contribution is -2.48. The highest BCUT2D eigenvalue weighted by Crippen LogP contribution is 2.15. The predicted molar refractivity (Wildman–Crippen MR) is 93.2 cm³/mol. The molecule has 1 aliphatic heterocycles. The molecule has 0 unspecified atom stereocenters. The zero-order valence-electron chi connectivity index (χ0n) is 15.3. The minimum atomic E-state index is -1.07. The molecule has 0 aliphatic carbocycles. The lowest BCUT2D eigenvalue weighted by molar-refractivity contribution is -0.146. The van der Waals surface area contributed by atoms with Gasteiger partial charge in [0.1, 0.15) is 12.6 Å². The third kappa shape index (κ3) is 4.49. The van der Waals surface area contributed by atoms with Crippen LogP contribution in [0.5, 0.6) is 0 Å². The summed E-state index contributed by atoms with van der Waals surface area (Å²) in [6.07, 6.45) is 0.179. The van der Waals surface area contributed by atoms with Crippen LogP contribution in [-0.2, 0) is 30.3 Å². The minimum absolute atomic E-state index is 0.179. The molecule has 1 atom stereocenters. The Morgan fingerprint density at radius 1 is 1.07 bits per heavy atom. The fraction of sp³-hybridized carbons (Fsp3) is 0.389. The summed E-state index contributed by atoms with van der Waals surface area (Å²) in [5.41, 5.74) is 0.794. The van der Waals surface area contributed by atoms with Crippen LogP contribution >= 0.6 is 0 Å². The zero-order chi connectivity index (χ0) is 20.1. The number of hydrogen-bond donors (Lipinski definition) is 1. The van der Waals surface area contributed by atoms with E-state index >= 15 is 0 Å². The average molecular weight is 375 g/mol. The van der Waals surface area contributed by atoms with Crippen molar-refractivity contribution in [3.63, 3.8) is 0 Å². The Kier molecular flexibility index (Phi) is 6.27. The van der Waals surface area contributed by atoms with E-state index in [0.717, 1.165) is 10.5 Å². The molecule has 1 aliphatic rings. The number of benzene rings is 1.